The third-order valence-corrected chi connectivity index (χ3v) is 3.20. The van der Waals surface area contributed by atoms with Crippen LogP contribution in [0.4, 0.5) is 0 Å². The first-order valence-corrected chi connectivity index (χ1v) is 7.20. The average Bonchev–Trinajstić information content (AvgIpc) is 2.32. The second-order valence-electron chi connectivity index (χ2n) is 4.85. The van der Waals surface area contributed by atoms with Crippen molar-refractivity contribution in [2.45, 2.75) is 70.6 Å². The SMILES string of the molecule is O=C1CCCCCCC/C=C\CCCCCO1. The Bertz CT molecular complexity index is 221. The molecule has 0 aromatic heterocycles. The van der Waals surface area contributed by atoms with Gasteiger partial charge < -0.3 is 4.74 Å². The summed E-state index contributed by atoms with van der Waals surface area (Å²) >= 11 is 0. The van der Waals surface area contributed by atoms with Crippen molar-refractivity contribution in [2.75, 3.05) is 6.61 Å². The number of cyclic esters (lactones) is 1. The summed E-state index contributed by atoms with van der Waals surface area (Å²) in [6, 6.07) is 0. The van der Waals surface area contributed by atoms with Crippen LogP contribution in [0, 0.1) is 0 Å². The van der Waals surface area contributed by atoms with Crippen LogP contribution in [0.3, 0.4) is 0 Å². The first kappa shape index (κ1) is 14.3. The number of ether oxygens (including phenoxy) is 1. The van der Waals surface area contributed by atoms with Crippen molar-refractivity contribution in [3.8, 4) is 0 Å². The molecule has 0 aromatic rings. The molecule has 98 valence electrons. The summed E-state index contributed by atoms with van der Waals surface area (Å²) in [5.41, 5.74) is 0. The average molecular weight is 238 g/mol. The van der Waals surface area contributed by atoms with Gasteiger partial charge in [-0.15, -0.1) is 0 Å². The molecular weight excluding hydrogens is 212 g/mol. The molecule has 1 rings (SSSR count). The third kappa shape index (κ3) is 8.96. The second kappa shape index (κ2) is 10.4. The van der Waals surface area contributed by atoms with Crippen LogP contribution in [0.1, 0.15) is 70.6 Å². The molecule has 0 fully saturated rings. The lowest BCUT2D eigenvalue weighted by Crippen LogP contribution is -2.05. The standard InChI is InChI=1S/C15H26O2/c16-15-13-11-9-7-5-3-1-2-4-6-8-10-12-14-17-15/h2,4H,1,3,5-14H2/b4-2-. The van der Waals surface area contributed by atoms with Gasteiger partial charge in [-0.05, 0) is 44.9 Å². The van der Waals surface area contributed by atoms with Gasteiger partial charge in [-0.25, -0.2) is 0 Å². The number of carbonyl (C=O) groups is 1. The zero-order valence-corrected chi connectivity index (χ0v) is 11.0. The molecule has 0 aromatic carbocycles. The minimum Gasteiger partial charge on any atom is -0.466 e. The lowest BCUT2D eigenvalue weighted by Gasteiger charge is -2.05. The largest absolute Gasteiger partial charge is 0.466 e. The van der Waals surface area contributed by atoms with Gasteiger partial charge >= 0.3 is 5.97 Å². The Labute approximate surface area is 105 Å². The Morgan fingerprint density at radius 2 is 1.35 bits per heavy atom. The minimum absolute atomic E-state index is 0.00279. The molecule has 0 unspecified atom stereocenters. The lowest BCUT2D eigenvalue weighted by atomic mass is 10.1. The maximum Gasteiger partial charge on any atom is 0.305 e. The Morgan fingerprint density at radius 3 is 2.12 bits per heavy atom. The molecule has 0 radical (unpaired) electrons. The second-order valence-corrected chi connectivity index (χ2v) is 4.85. The van der Waals surface area contributed by atoms with Crippen molar-refractivity contribution in [3.05, 3.63) is 12.2 Å². The van der Waals surface area contributed by atoms with E-state index < -0.39 is 0 Å². The molecule has 0 N–H and O–H groups in total. The topological polar surface area (TPSA) is 26.3 Å². The highest BCUT2D eigenvalue weighted by molar-refractivity contribution is 5.69. The van der Waals surface area contributed by atoms with E-state index in [9.17, 15) is 4.79 Å². The van der Waals surface area contributed by atoms with Crippen LogP contribution in [0.2, 0.25) is 0 Å². The van der Waals surface area contributed by atoms with E-state index >= 15 is 0 Å². The summed E-state index contributed by atoms with van der Waals surface area (Å²) in [4.78, 5) is 11.3. The van der Waals surface area contributed by atoms with E-state index in [1.807, 2.05) is 0 Å². The van der Waals surface area contributed by atoms with Gasteiger partial charge in [-0.2, -0.15) is 0 Å². The first-order valence-electron chi connectivity index (χ1n) is 7.20. The fourth-order valence-electron chi connectivity index (χ4n) is 2.10. The van der Waals surface area contributed by atoms with Gasteiger partial charge in [0.15, 0.2) is 0 Å². The van der Waals surface area contributed by atoms with Gasteiger partial charge in [0.1, 0.15) is 0 Å². The van der Waals surface area contributed by atoms with Crippen LogP contribution in [0.5, 0.6) is 0 Å². The van der Waals surface area contributed by atoms with Gasteiger partial charge in [-0.3, -0.25) is 4.79 Å². The Morgan fingerprint density at radius 1 is 0.765 bits per heavy atom. The Balaban J connectivity index is 2.18. The number of hydrogen-bond acceptors (Lipinski definition) is 2. The summed E-state index contributed by atoms with van der Waals surface area (Å²) < 4.78 is 5.19. The molecule has 0 aliphatic carbocycles. The molecule has 0 spiro atoms. The van der Waals surface area contributed by atoms with E-state index in [0.717, 1.165) is 19.3 Å². The molecule has 0 saturated heterocycles. The van der Waals surface area contributed by atoms with E-state index in [1.54, 1.807) is 0 Å². The van der Waals surface area contributed by atoms with Crippen molar-refractivity contribution in [1.82, 2.24) is 0 Å². The van der Waals surface area contributed by atoms with Crippen molar-refractivity contribution in [2.24, 2.45) is 0 Å². The molecule has 2 nitrogen and oxygen atoms in total. The Kier molecular flexibility index (Phi) is 8.71. The molecule has 1 heterocycles. The Hall–Kier alpha value is -0.790. The predicted molar refractivity (Wildman–Crippen MR) is 70.9 cm³/mol. The molecule has 2 heteroatoms. The number of carbonyl (C=O) groups excluding carboxylic acids is 1. The summed E-state index contributed by atoms with van der Waals surface area (Å²) in [5.74, 6) is -0.00279. The maximum absolute atomic E-state index is 11.3. The van der Waals surface area contributed by atoms with Crippen LogP contribution in [0.25, 0.3) is 0 Å². The van der Waals surface area contributed by atoms with Gasteiger partial charge in [0.2, 0.25) is 0 Å². The molecule has 0 bridgehead atoms. The summed E-state index contributed by atoms with van der Waals surface area (Å²) in [6.07, 6.45) is 17.0. The van der Waals surface area contributed by atoms with E-state index in [0.29, 0.717) is 13.0 Å². The highest BCUT2D eigenvalue weighted by atomic mass is 16.5. The maximum atomic E-state index is 11.3. The van der Waals surface area contributed by atoms with Crippen LogP contribution in [0.15, 0.2) is 12.2 Å². The fourth-order valence-corrected chi connectivity index (χ4v) is 2.10. The van der Waals surface area contributed by atoms with Crippen molar-refractivity contribution < 1.29 is 9.53 Å². The molecular formula is C15H26O2. The van der Waals surface area contributed by atoms with Gasteiger partial charge in [0.25, 0.3) is 0 Å². The predicted octanol–water partition coefficient (Wildman–Crippen LogP) is 4.39. The molecule has 0 amide bonds. The van der Waals surface area contributed by atoms with Gasteiger partial charge in [0.05, 0.1) is 6.61 Å². The zero-order chi connectivity index (χ0) is 12.2. The zero-order valence-electron chi connectivity index (χ0n) is 11.0. The van der Waals surface area contributed by atoms with Crippen molar-refractivity contribution in [3.63, 3.8) is 0 Å². The van der Waals surface area contributed by atoms with Crippen LogP contribution >= 0.6 is 0 Å². The highest BCUT2D eigenvalue weighted by Crippen LogP contribution is 2.10. The normalized spacial score (nSPS) is 23.9. The van der Waals surface area contributed by atoms with Crippen LogP contribution < -0.4 is 0 Å². The number of rotatable bonds is 0. The van der Waals surface area contributed by atoms with Crippen molar-refractivity contribution in [1.29, 1.82) is 0 Å². The fraction of sp³-hybridized carbons (Fsp3) is 0.800. The van der Waals surface area contributed by atoms with Gasteiger partial charge in [-0.1, -0.05) is 31.4 Å². The monoisotopic (exact) mass is 238 g/mol. The molecule has 17 heavy (non-hydrogen) atoms. The number of allylic oxidation sites excluding steroid dienone is 2. The highest BCUT2D eigenvalue weighted by Gasteiger charge is 2.02. The van der Waals surface area contributed by atoms with E-state index in [4.69, 9.17) is 4.74 Å². The smallest absolute Gasteiger partial charge is 0.305 e. The quantitative estimate of drug-likeness (QED) is 0.462. The third-order valence-electron chi connectivity index (χ3n) is 3.20. The van der Waals surface area contributed by atoms with Crippen molar-refractivity contribution >= 4 is 5.97 Å². The van der Waals surface area contributed by atoms with E-state index in [2.05, 4.69) is 12.2 Å². The molecule has 1 aliphatic rings. The van der Waals surface area contributed by atoms with E-state index in [1.165, 1.54) is 44.9 Å². The van der Waals surface area contributed by atoms with E-state index in [-0.39, 0.29) is 5.97 Å². The molecule has 1 aliphatic heterocycles. The minimum atomic E-state index is -0.00279. The number of esters is 1. The number of hydrogen-bond donors (Lipinski definition) is 0. The molecule has 0 atom stereocenters. The molecule has 0 saturated carbocycles. The first-order chi connectivity index (χ1) is 8.39. The lowest BCUT2D eigenvalue weighted by molar-refractivity contribution is -0.143. The summed E-state index contributed by atoms with van der Waals surface area (Å²) in [5, 5.41) is 0. The van der Waals surface area contributed by atoms with Crippen LogP contribution in [-0.4, -0.2) is 12.6 Å². The van der Waals surface area contributed by atoms with Gasteiger partial charge in [0, 0.05) is 6.42 Å². The summed E-state index contributed by atoms with van der Waals surface area (Å²) in [6.45, 7) is 0.614. The summed E-state index contributed by atoms with van der Waals surface area (Å²) in [7, 11) is 0. The van der Waals surface area contributed by atoms with Crippen LogP contribution in [-0.2, 0) is 9.53 Å².